The highest BCUT2D eigenvalue weighted by Gasteiger charge is 2.56. The molecule has 0 radical (unpaired) electrons. The van der Waals surface area contributed by atoms with Crippen LogP contribution in [0.2, 0.25) is 5.02 Å². The number of ether oxygens (including phenoxy) is 1. The molecule has 0 bridgehead atoms. The molecule has 2 fully saturated rings. The smallest absolute Gasteiger partial charge is 0.118 e. The standard InChI is InChI=1S/C18H18ClNO2/c1-18-12-21-11-16(18)17(13-5-3-2-4-6-13)22-20(18)15-9-7-14(19)8-10-15/h2-10,16-17H,11-12H2,1H3/t16-,17-,18-/m1/s1. The molecule has 114 valence electrons. The number of hydrogen-bond acceptors (Lipinski definition) is 3. The second kappa shape index (κ2) is 5.27. The highest BCUT2D eigenvalue weighted by atomic mass is 35.5. The lowest BCUT2D eigenvalue weighted by atomic mass is 9.83. The molecule has 2 heterocycles. The maximum absolute atomic E-state index is 6.35. The highest BCUT2D eigenvalue weighted by molar-refractivity contribution is 6.30. The fourth-order valence-electron chi connectivity index (χ4n) is 3.48. The molecule has 2 saturated heterocycles. The Hall–Kier alpha value is -1.55. The third-order valence-corrected chi connectivity index (χ3v) is 4.98. The second-order valence-corrected chi connectivity index (χ2v) is 6.62. The topological polar surface area (TPSA) is 21.7 Å². The fourth-order valence-corrected chi connectivity index (χ4v) is 3.60. The first-order chi connectivity index (χ1) is 10.7. The number of fused-ring (bicyclic) bond motifs is 1. The molecule has 4 heteroatoms. The lowest BCUT2D eigenvalue weighted by Crippen LogP contribution is -2.45. The number of anilines is 1. The van der Waals surface area contributed by atoms with Crippen LogP contribution in [0.25, 0.3) is 0 Å². The molecule has 22 heavy (non-hydrogen) atoms. The first kappa shape index (κ1) is 14.1. The monoisotopic (exact) mass is 315 g/mol. The van der Waals surface area contributed by atoms with Crippen LogP contribution in [0.15, 0.2) is 54.6 Å². The Labute approximate surface area is 135 Å². The normalized spacial score (nSPS) is 30.5. The summed E-state index contributed by atoms with van der Waals surface area (Å²) >= 11 is 6.00. The van der Waals surface area contributed by atoms with Crippen molar-refractivity contribution in [2.75, 3.05) is 18.3 Å². The van der Waals surface area contributed by atoms with Crippen molar-refractivity contribution in [3.8, 4) is 0 Å². The molecule has 2 aromatic rings. The van der Waals surface area contributed by atoms with Crippen LogP contribution in [-0.2, 0) is 9.57 Å². The van der Waals surface area contributed by atoms with Gasteiger partial charge >= 0.3 is 0 Å². The molecule has 0 aliphatic carbocycles. The van der Waals surface area contributed by atoms with Gasteiger partial charge < -0.3 is 4.74 Å². The molecule has 0 spiro atoms. The van der Waals surface area contributed by atoms with Gasteiger partial charge in [-0.1, -0.05) is 41.9 Å². The van der Waals surface area contributed by atoms with E-state index in [2.05, 4.69) is 31.2 Å². The average Bonchev–Trinajstić information content (AvgIpc) is 3.04. The second-order valence-electron chi connectivity index (χ2n) is 6.19. The zero-order valence-corrected chi connectivity index (χ0v) is 13.2. The van der Waals surface area contributed by atoms with E-state index in [1.807, 2.05) is 35.4 Å². The van der Waals surface area contributed by atoms with E-state index < -0.39 is 0 Å². The maximum atomic E-state index is 6.35. The van der Waals surface area contributed by atoms with Gasteiger partial charge in [-0.15, -0.1) is 0 Å². The van der Waals surface area contributed by atoms with Gasteiger partial charge in [0.15, 0.2) is 0 Å². The highest BCUT2D eigenvalue weighted by Crippen LogP contribution is 2.50. The number of nitrogens with zero attached hydrogens (tertiary/aromatic N) is 1. The predicted octanol–water partition coefficient (Wildman–Crippen LogP) is 4.24. The van der Waals surface area contributed by atoms with Crippen LogP contribution in [-0.4, -0.2) is 18.8 Å². The predicted molar refractivity (Wildman–Crippen MR) is 86.9 cm³/mol. The average molecular weight is 316 g/mol. The van der Waals surface area contributed by atoms with E-state index >= 15 is 0 Å². The summed E-state index contributed by atoms with van der Waals surface area (Å²) < 4.78 is 5.79. The molecular formula is C18H18ClNO2. The van der Waals surface area contributed by atoms with Gasteiger partial charge in [0.05, 0.1) is 24.4 Å². The summed E-state index contributed by atoms with van der Waals surface area (Å²) in [6.45, 7) is 3.60. The van der Waals surface area contributed by atoms with E-state index in [-0.39, 0.29) is 11.6 Å². The molecule has 4 rings (SSSR count). The first-order valence-electron chi connectivity index (χ1n) is 7.54. The fraction of sp³-hybridized carbons (Fsp3) is 0.333. The molecule has 3 nitrogen and oxygen atoms in total. The zero-order chi connectivity index (χ0) is 15.2. The Morgan fingerprint density at radius 3 is 2.55 bits per heavy atom. The van der Waals surface area contributed by atoms with Crippen LogP contribution >= 0.6 is 11.6 Å². The summed E-state index contributed by atoms with van der Waals surface area (Å²) in [5.74, 6) is 0.311. The quantitative estimate of drug-likeness (QED) is 0.827. The van der Waals surface area contributed by atoms with Crippen molar-refractivity contribution in [2.24, 2.45) is 5.92 Å². The number of hydroxylamine groups is 1. The minimum Gasteiger partial charge on any atom is -0.378 e. The van der Waals surface area contributed by atoms with Crippen molar-refractivity contribution in [1.82, 2.24) is 0 Å². The van der Waals surface area contributed by atoms with Gasteiger partial charge in [0.25, 0.3) is 0 Å². The van der Waals surface area contributed by atoms with E-state index in [1.54, 1.807) is 0 Å². The number of hydrogen-bond donors (Lipinski definition) is 0. The van der Waals surface area contributed by atoms with Crippen LogP contribution in [0, 0.1) is 5.92 Å². The summed E-state index contributed by atoms with van der Waals surface area (Å²) in [7, 11) is 0. The number of halogens is 1. The van der Waals surface area contributed by atoms with Crippen LogP contribution in [0.5, 0.6) is 0 Å². The molecule has 2 aromatic carbocycles. The van der Waals surface area contributed by atoms with Gasteiger partial charge in [-0.25, -0.2) is 5.06 Å². The molecule has 2 aliphatic rings. The number of rotatable bonds is 2. The van der Waals surface area contributed by atoms with Gasteiger partial charge in [-0.2, -0.15) is 0 Å². The van der Waals surface area contributed by atoms with Crippen molar-refractivity contribution in [2.45, 2.75) is 18.6 Å². The summed E-state index contributed by atoms with van der Waals surface area (Å²) in [6, 6.07) is 18.2. The van der Waals surface area contributed by atoms with E-state index in [0.29, 0.717) is 12.5 Å². The number of benzene rings is 2. The summed E-state index contributed by atoms with van der Waals surface area (Å²) in [4.78, 5) is 6.35. The van der Waals surface area contributed by atoms with Crippen molar-refractivity contribution in [1.29, 1.82) is 0 Å². The molecule has 0 amide bonds. The SMILES string of the molecule is C[C@@]12COC[C@@H]1[C@@H](c1ccccc1)ON2c1ccc(Cl)cc1. The van der Waals surface area contributed by atoms with E-state index in [1.165, 1.54) is 5.56 Å². The minimum atomic E-state index is -0.158. The van der Waals surface area contributed by atoms with Gasteiger partial charge in [0.1, 0.15) is 6.10 Å². The molecule has 0 saturated carbocycles. The van der Waals surface area contributed by atoms with Gasteiger partial charge in [-0.3, -0.25) is 4.84 Å². The molecule has 2 aliphatic heterocycles. The van der Waals surface area contributed by atoms with Crippen LogP contribution < -0.4 is 5.06 Å². The van der Waals surface area contributed by atoms with Crippen molar-refractivity contribution in [3.05, 3.63) is 65.2 Å². The van der Waals surface area contributed by atoms with Crippen LogP contribution in [0.3, 0.4) is 0 Å². The third kappa shape index (κ3) is 2.12. The van der Waals surface area contributed by atoms with E-state index in [9.17, 15) is 0 Å². The Bertz CT molecular complexity index is 661. The molecule has 3 atom stereocenters. The first-order valence-corrected chi connectivity index (χ1v) is 7.91. The third-order valence-electron chi connectivity index (χ3n) is 4.73. The largest absolute Gasteiger partial charge is 0.378 e. The van der Waals surface area contributed by atoms with Crippen molar-refractivity contribution >= 4 is 17.3 Å². The van der Waals surface area contributed by atoms with Crippen molar-refractivity contribution < 1.29 is 9.57 Å². The molecule has 0 N–H and O–H groups in total. The Kier molecular flexibility index (Phi) is 3.37. The molecule has 0 unspecified atom stereocenters. The van der Waals surface area contributed by atoms with Crippen molar-refractivity contribution in [3.63, 3.8) is 0 Å². The minimum absolute atomic E-state index is 0.0179. The lowest BCUT2D eigenvalue weighted by molar-refractivity contribution is 0.0293. The van der Waals surface area contributed by atoms with E-state index in [4.69, 9.17) is 21.2 Å². The summed E-state index contributed by atoms with van der Waals surface area (Å²) in [5.41, 5.74) is 2.05. The van der Waals surface area contributed by atoms with E-state index in [0.717, 1.165) is 17.3 Å². The Balaban J connectivity index is 1.72. The summed E-state index contributed by atoms with van der Waals surface area (Å²) in [5, 5.41) is 2.74. The van der Waals surface area contributed by atoms with Crippen LogP contribution in [0.1, 0.15) is 18.6 Å². The van der Waals surface area contributed by atoms with Crippen LogP contribution in [0.4, 0.5) is 5.69 Å². The molecular weight excluding hydrogens is 298 g/mol. The maximum Gasteiger partial charge on any atom is 0.118 e. The summed E-state index contributed by atoms with van der Waals surface area (Å²) in [6.07, 6.45) is 0.0179. The van der Waals surface area contributed by atoms with Gasteiger partial charge in [0.2, 0.25) is 0 Å². The zero-order valence-electron chi connectivity index (χ0n) is 12.4. The Morgan fingerprint density at radius 2 is 1.82 bits per heavy atom. The Morgan fingerprint density at radius 1 is 1.09 bits per heavy atom. The van der Waals surface area contributed by atoms with Gasteiger partial charge in [-0.05, 0) is 36.8 Å². The molecule has 0 aromatic heterocycles. The lowest BCUT2D eigenvalue weighted by Gasteiger charge is -2.32. The van der Waals surface area contributed by atoms with Gasteiger partial charge in [0, 0.05) is 10.9 Å².